The van der Waals surface area contributed by atoms with Gasteiger partial charge in [-0.2, -0.15) is 13.2 Å². The third-order valence-electron chi connectivity index (χ3n) is 3.20. The molecule has 0 aliphatic heterocycles. The molecule has 1 atom stereocenters. The van der Waals surface area contributed by atoms with Gasteiger partial charge in [-0.15, -0.1) is 6.58 Å². The molecule has 0 bridgehead atoms. The molecule has 0 saturated heterocycles. The van der Waals surface area contributed by atoms with Crippen molar-refractivity contribution >= 4 is 5.71 Å². The van der Waals surface area contributed by atoms with Gasteiger partial charge in [0.05, 0.1) is 11.8 Å². The zero-order valence-electron chi connectivity index (χ0n) is 14.2. The van der Waals surface area contributed by atoms with Gasteiger partial charge < -0.3 is 5.11 Å². The Hall–Kier alpha value is -2.30. The summed E-state index contributed by atoms with van der Waals surface area (Å²) in [5.41, 5.74) is -0.108. The van der Waals surface area contributed by atoms with Gasteiger partial charge in [0.2, 0.25) is 0 Å². The summed E-state index contributed by atoms with van der Waals surface area (Å²) in [5, 5.41) is 8.24. The smallest absolute Gasteiger partial charge is 0.417 e. The second-order valence-electron chi connectivity index (χ2n) is 5.07. The summed E-state index contributed by atoms with van der Waals surface area (Å²) in [4.78, 5) is 3.75. The lowest BCUT2D eigenvalue weighted by Crippen LogP contribution is -2.11. The Balaban J connectivity index is 0.000000470. The van der Waals surface area contributed by atoms with Crippen molar-refractivity contribution in [2.75, 3.05) is 7.05 Å². The molecule has 0 spiro atoms. The Morgan fingerprint density at radius 3 is 2.42 bits per heavy atom. The fraction of sp³-hybridized carbons (Fsp3) is 0.316. The van der Waals surface area contributed by atoms with Crippen LogP contribution in [0.1, 0.15) is 31.4 Å². The predicted molar refractivity (Wildman–Crippen MR) is 94.5 cm³/mol. The number of aliphatic hydroxyl groups is 1. The van der Waals surface area contributed by atoms with Gasteiger partial charge in [0.15, 0.2) is 0 Å². The summed E-state index contributed by atoms with van der Waals surface area (Å²) in [6, 6.07) is 5.42. The lowest BCUT2D eigenvalue weighted by atomic mass is 10.0. The maximum atomic E-state index is 12.5. The third kappa shape index (κ3) is 8.36. The summed E-state index contributed by atoms with van der Waals surface area (Å²) in [6.07, 6.45) is 5.01. The highest BCUT2D eigenvalue weighted by Gasteiger charge is 2.33. The van der Waals surface area contributed by atoms with Crippen molar-refractivity contribution in [3.8, 4) is 0 Å². The average Bonchev–Trinajstić information content (AvgIpc) is 2.57. The number of rotatable bonds is 5. The minimum atomic E-state index is -4.32. The van der Waals surface area contributed by atoms with Crippen molar-refractivity contribution < 1.29 is 18.3 Å². The second-order valence-corrected chi connectivity index (χ2v) is 5.07. The Morgan fingerprint density at radius 2 is 1.92 bits per heavy atom. The molecule has 0 heterocycles. The monoisotopic (exact) mass is 339 g/mol. The molecular weight excluding hydrogens is 315 g/mol. The highest BCUT2D eigenvalue weighted by molar-refractivity contribution is 6.00. The molecule has 0 saturated carbocycles. The Bertz CT molecular complexity index is 587. The van der Waals surface area contributed by atoms with E-state index in [2.05, 4.69) is 18.5 Å². The van der Waals surface area contributed by atoms with Crippen LogP contribution in [0.25, 0.3) is 0 Å². The number of halogens is 3. The summed E-state index contributed by atoms with van der Waals surface area (Å²) < 4.78 is 37.5. The van der Waals surface area contributed by atoms with Crippen LogP contribution in [-0.4, -0.2) is 17.9 Å². The number of aliphatic hydroxyl groups excluding tert-OH is 1. The molecule has 24 heavy (non-hydrogen) atoms. The van der Waals surface area contributed by atoms with Crippen LogP contribution in [0.5, 0.6) is 0 Å². The maximum absolute atomic E-state index is 12.5. The Kier molecular flexibility index (Phi) is 10.2. The van der Waals surface area contributed by atoms with E-state index in [1.165, 1.54) is 19.2 Å². The molecular formula is C19H24F3NO. The summed E-state index contributed by atoms with van der Waals surface area (Å²) in [5.74, 6) is 0.517. The molecule has 2 nitrogen and oxygen atoms in total. The van der Waals surface area contributed by atoms with E-state index in [1.807, 2.05) is 18.2 Å². The van der Waals surface area contributed by atoms with Crippen molar-refractivity contribution in [3.05, 3.63) is 72.5 Å². The first kappa shape index (κ1) is 21.7. The van der Waals surface area contributed by atoms with Crippen LogP contribution < -0.4 is 0 Å². The van der Waals surface area contributed by atoms with Crippen LogP contribution in [0.3, 0.4) is 0 Å². The molecule has 0 fully saturated rings. The molecule has 0 aromatic heterocycles. The standard InChI is InChI=1S/C10H10F3N.C9H14O/c1-7(14-2)8-5-3-4-6-9(8)10(11,12)13;1-3-9(2)7-5-4-6-8-10/h3-6H,1-2H3;3-6,8-10H,1,7H2,2H3/b;5-4-,8-6+. The van der Waals surface area contributed by atoms with Crippen LogP contribution in [0.2, 0.25) is 0 Å². The summed E-state index contributed by atoms with van der Waals surface area (Å²) in [6.45, 7) is 7.32. The molecule has 0 aliphatic carbocycles. The van der Waals surface area contributed by atoms with E-state index in [9.17, 15) is 13.2 Å². The van der Waals surface area contributed by atoms with E-state index in [4.69, 9.17) is 5.11 Å². The van der Waals surface area contributed by atoms with E-state index >= 15 is 0 Å². The van der Waals surface area contributed by atoms with Crippen LogP contribution in [0, 0.1) is 5.92 Å². The van der Waals surface area contributed by atoms with E-state index in [1.54, 1.807) is 19.1 Å². The molecule has 0 amide bonds. The molecule has 1 aromatic rings. The minimum absolute atomic E-state index is 0.141. The van der Waals surface area contributed by atoms with Crippen LogP contribution in [0.15, 0.2) is 66.4 Å². The van der Waals surface area contributed by atoms with Gasteiger partial charge in [0.1, 0.15) is 0 Å². The lowest BCUT2D eigenvalue weighted by Gasteiger charge is -2.11. The molecule has 1 N–H and O–H groups in total. The van der Waals surface area contributed by atoms with Gasteiger partial charge in [0.25, 0.3) is 0 Å². The van der Waals surface area contributed by atoms with Gasteiger partial charge in [-0.05, 0) is 31.4 Å². The van der Waals surface area contributed by atoms with Gasteiger partial charge in [-0.3, -0.25) is 4.99 Å². The largest absolute Gasteiger partial charge is 0.516 e. The van der Waals surface area contributed by atoms with Crippen LogP contribution in [0.4, 0.5) is 13.2 Å². The zero-order valence-corrected chi connectivity index (χ0v) is 14.2. The van der Waals surface area contributed by atoms with Crippen molar-refractivity contribution in [2.24, 2.45) is 10.9 Å². The number of hydrogen-bond acceptors (Lipinski definition) is 2. The minimum Gasteiger partial charge on any atom is -0.516 e. The number of allylic oxidation sites excluding steroid dienone is 4. The first-order chi connectivity index (χ1) is 11.3. The number of nitrogens with zero attached hydrogens (tertiary/aromatic N) is 1. The van der Waals surface area contributed by atoms with E-state index < -0.39 is 11.7 Å². The Morgan fingerprint density at radius 1 is 1.29 bits per heavy atom. The van der Waals surface area contributed by atoms with E-state index in [-0.39, 0.29) is 5.56 Å². The summed E-state index contributed by atoms with van der Waals surface area (Å²) in [7, 11) is 1.47. The van der Waals surface area contributed by atoms with Gasteiger partial charge in [0, 0.05) is 18.3 Å². The lowest BCUT2D eigenvalue weighted by molar-refractivity contribution is -0.137. The van der Waals surface area contributed by atoms with Crippen molar-refractivity contribution in [1.29, 1.82) is 0 Å². The van der Waals surface area contributed by atoms with E-state index in [0.29, 0.717) is 11.6 Å². The topological polar surface area (TPSA) is 32.6 Å². The van der Waals surface area contributed by atoms with Gasteiger partial charge in [-0.1, -0.05) is 43.4 Å². The number of benzene rings is 1. The molecule has 1 unspecified atom stereocenters. The normalized spacial score (nSPS) is 13.7. The number of aliphatic imine (C=N–C) groups is 1. The Labute approximate surface area is 141 Å². The zero-order chi connectivity index (χ0) is 18.6. The van der Waals surface area contributed by atoms with E-state index in [0.717, 1.165) is 18.7 Å². The van der Waals surface area contributed by atoms with Crippen molar-refractivity contribution in [3.63, 3.8) is 0 Å². The van der Waals surface area contributed by atoms with Crippen molar-refractivity contribution in [2.45, 2.75) is 26.4 Å². The average molecular weight is 339 g/mol. The first-order valence-electron chi connectivity index (χ1n) is 7.46. The molecule has 132 valence electrons. The molecule has 1 aromatic carbocycles. The molecule has 1 rings (SSSR count). The van der Waals surface area contributed by atoms with Crippen LogP contribution in [-0.2, 0) is 6.18 Å². The molecule has 5 heteroatoms. The SMILES string of the molecule is C=CC(C)C/C=C\C=C\O.CN=C(C)c1ccccc1C(F)(F)F. The highest BCUT2D eigenvalue weighted by atomic mass is 19.4. The number of hydrogen-bond donors (Lipinski definition) is 1. The van der Waals surface area contributed by atoms with Crippen molar-refractivity contribution in [1.82, 2.24) is 0 Å². The molecule has 0 aliphatic rings. The van der Waals surface area contributed by atoms with Gasteiger partial charge in [-0.25, -0.2) is 0 Å². The third-order valence-corrected chi connectivity index (χ3v) is 3.20. The summed E-state index contributed by atoms with van der Waals surface area (Å²) >= 11 is 0. The molecule has 0 radical (unpaired) electrons. The second kappa shape index (κ2) is 11.3. The quantitative estimate of drug-likeness (QED) is 0.305. The predicted octanol–water partition coefficient (Wildman–Crippen LogP) is 5.97. The van der Waals surface area contributed by atoms with Crippen LogP contribution >= 0.6 is 0 Å². The fourth-order valence-corrected chi connectivity index (χ4v) is 1.68. The fourth-order valence-electron chi connectivity index (χ4n) is 1.68. The highest BCUT2D eigenvalue weighted by Crippen LogP contribution is 2.31. The number of alkyl halides is 3. The maximum Gasteiger partial charge on any atom is 0.417 e. The van der Waals surface area contributed by atoms with Gasteiger partial charge >= 0.3 is 6.18 Å². The first-order valence-corrected chi connectivity index (χ1v) is 7.46.